The van der Waals surface area contributed by atoms with Crippen LogP contribution in [0.25, 0.3) is 0 Å². The van der Waals surface area contributed by atoms with Crippen LogP contribution in [-0.4, -0.2) is 32.6 Å². The van der Waals surface area contributed by atoms with Crippen molar-refractivity contribution in [3.63, 3.8) is 0 Å². The molecule has 7 nitrogen and oxygen atoms in total. The van der Waals surface area contributed by atoms with E-state index >= 15 is 0 Å². The fraction of sp³-hybridized carbons (Fsp3) is 0.368. The quantitative estimate of drug-likeness (QED) is 0.772. The lowest BCUT2D eigenvalue weighted by Gasteiger charge is -2.15. The van der Waals surface area contributed by atoms with E-state index in [1.807, 2.05) is 11.6 Å². The van der Waals surface area contributed by atoms with Crippen molar-refractivity contribution in [3.8, 4) is 0 Å². The maximum absolute atomic E-state index is 12.7. The molecule has 2 aromatic rings. The van der Waals surface area contributed by atoms with Crippen molar-refractivity contribution in [2.75, 3.05) is 0 Å². The van der Waals surface area contributed by atoms with Gasteiger partial charge in [0.1, 0.15) is 5.56 Å². The Hall–Kier alpha value is -2.96. The average Bonchev–Trinajstić information content (AvgIpc) is 3.36. The van der Waals surface area contributed by atoms with Gasteiger partial charge in [-0.25, -0.2) is 4.79 Å². The minimum Gasteiger partial charge on any atom is -0.324 e. The van der Waals surface area contributed by atoms with Crippen molar-refractivity contribution in [1.82, 2.24) is 14.8 Å². The van der Waals surface area contributed by atoms with E-state index in [1.165, 1.54) is 6.20 Å². The van der Waals surface area contributed by atoms with E-state index in [1.54, 1.807) is 24.3 Å². The Kier molecular flexibility index (Phi) is 3.86. The molecule has 1 fully saturated rings. The molecule has 1 unspecified atom stereocenters. The number of amides is 2. The van der Waals surface area contributed by atoms with Crippen LogP contribution < -0.4 is 0 Å². The standard InChI is InChI=1S/C19H19N3O4/c1-3-11(2)21-16(12-8-9-12)15(10-20-21)19(25)26-22-17(23)13-6-4-5-7-14(13)18(22)24/h4-7,10-12H,3,8-9H2,1-2H3. The summed E-state index contributed by atoms with van der Waals surface area (Å²) >= 11 is 0. The molecule has 1 aromatic carbocycles. The van der Waals surface area contributed by atoms with Gasteiger partial charge in [0, 0.05) is 12.0 Å². The summed E-state index contributed by atoms with van der Waals surface area (Å²) in [6.45, 7) is 4.10. The summed E-state index contributed by atoms with van der Waals surface area (Å²) in [5.41, 5.74) is 1.64. The molecular formula is C19H19N3O4. The van der Waals surface area contributed by atoms with Gasteiger partial charge in [0.15, 0.2) is 0 Å². The number of rotatable bonds is 5. The highest BCUT2D eigenvalue weighted by Crippen LogP contribution is 2.43. The highest BCUT2D eigenvalue weighted by atomic mass is 16.7. The zero-order valence-electron chi connectivity index (χ0n) is 14.6. The Bertz CT molecular complexity index is 878. The second-order valence-corrected chi connectivity index (χ2v) is 6.75. The number of hydrogen-bond donors (Lipinski definition) is 0. The molecule has 0 bridgehead atoms. The fourth-order valence-corrected chi connectivity index (χ4v) is 3.20. The summed E-state index contributed by atoms with van der Waals surface area (Å²) in [5.74, 6) is -1.70. The SMILES string of the molecule is CCC(C)n1ncc(C(=O)ON2C(=O)c3ccccc3C2=O)c1C1CC1. The topological polar surface area (TPSA) is 81.5 Å². The summed E-state index contributed by atoms with van der Waals surface area (Å²) in [6, 6.07) is 6.57. The van der Waals surface area contributed by atoms with Gasteiger partial charge in [0.2, 0.25) is 0 Å². The summed E-state index contributed by atoms with van der Waals surface area (Å²) in [4.78, 5) is 42.6. The lowest BCUT2D eigenvalue weighted by Crippen LogP contribution is -2.33. The van der Waals surface area contributed by atoms with E-state index in [2.05, 4.69) is 12.0 Å². The van der Waals surface area contributed by atoms with Crippen LogP contribution in [0.2, 0.25) is 0 Å². The second kappa shape index (κ2) is 6.09. The van der Waals surface area contributed by atoms with E-state index in [4.69, 9.17) is 4.84 Å². The van der Waals surface area contributed by atoms with Crippen molar-refractivity contribution in [2.45, 2.75) is 45.1 Å². The molecule has 134 valence electrons. The van der Waals surface area contributed by atoms with E-state index in [-0.39, 0.29) is 23.1 Å². The lowest BCUT2D eigenvalue weighted by atomic mass is 10.1. The van der Waals surface area contributed by atoms with Gasteiger partial charge in [-0.1, -0.05) is 24.1 Å². The summed E-state index contributed by atoms with van der Waals surface area (Å²) in [6.07, 6.45) is 4.35. The molecule has 1 saturated carbocycles. The number of nitrogens with zero attached hydrogens (tertiary/aromatic N) is 3. The molecule has 2 aliphatic rings. The molecule has 2 heterocycles. The Morgan fingerprint density at radius 2 is 1.85 bits per heavy atom. The first kappa shape index (κ1) is 16.5. The summed E-state index contributed by atoms with van der Waals surface area (Å²) in [5, 5.41) is 4.89. The van der Waals surface area contributed by atoms with Gasteiger partial charge in [0.05, 0.1) is 23.0 Å². The number of aromatic nitrogens is 2. The third-order valence-corrected chi connectivity index (χ3v) is 4.96. The van der Waals surface area contributed by atoms with Crippen molar-refractivity contribution >= 4 is 17.8 Å². The second-order valence-electron chi connectivity index (χ2n) is 6.75. The van der Waals surface area contributed by atoms with E-state index < -0.39 is 17.8 Å². The monoisotopic (exact) mass is 353 g/mol. The van der Waals surface area contributed by atoms with Crippen LogP contribution >= 0.6 is 0 Å². The first-order valence-corrected chi connectivity index (χ1v) is 8.80. The lowest BCUT2D eigenvalue weighted by molar-refractivity contribution is -0.0585. The number of imide groups is 1. The van der Waals surface area contributed by atoms with Crippen LogP contribution in [0.1, 0.15) is 81.8 Å². The van der Waals surface area contributed by atoms with Gasteiger partial charge in [-0.2, -0.15) is 5.10 Å². The first-order chi connectivity index (χ1) is 12.5. The average molecular weight is 353 g/mol. The van der Waals surface area contributed by atoms with Crippen LogP contribution in [0, 0.1) is 0 Å². The van der Waals surface area contributed by atoms with Gasteiger partial charge < -0.3 is 4.84 Å². The maximum Gasteiger partial charge on any atom is 0.367 e. The molecule has 0 saturated heterocycles. The number of hydrogen-bond acceptors (Lipinski definition) is 5. The fourth-order valence-electron chi connectivity index (χ4n) is 3.20. The first-order valence-electron chi connectivity index (χ1n) is 8.80. The summed E-state index contributed by atoms with van der Waals surface area (Å²) < 4.78 is 1.86. The van der Waals surface area contributed by atoms with Crippen LogP contribution in [0.15, 0.2) is 30.5 Å². The molecule has 1 atom stereocenters. The number of fused-ring (bicyclic) bond motifs is 1. The van der Waals surface area contributed by atoms with Crippen molar-refractivity contribution in [2.24, 2.45) is 0 Å². The third-order valence-electron chi connectivity index (χ3n) is 4.96. The number of carbonyl (C=O) groups excluding carboxylic acids is 3. The molecule has 2 amide bonds. The van der Waals surface area contributed by atoms with Crippen LogP contribution in [-0.2, 0) is 4.84 Å². The van der Waals surface area contributed by atoms with Crippen LogP contribution in [0.5, 0.6) is 0 Å². The van der Waals surface area contributed by atoms with Crippen LogP contribution in [0.4, 0.5) is 0 Å². The molecule has 0 spiro atoms. The Morgan fingerprint density at radius 3 is 2.38 bits per heavy atom. The molecule has 1 aromatic heterocycles. The molecule has 26 heavy (non-hydrogen) atoms. The molecule has 0 radical (unpaired) electrons. The largest absolute Gasteiger partial charge is 0.367 e. The smallest absolute Gasteiger partial charge is 0.324 e. The zero-order chi connectivity index (χ0) is 18.4. The zero-order valence-corrected chi connectivity index (χ0v) is 14.6. The Morgan fingerprint density at radius 1 is 1.23 bits per heavy atom. The van der Waals surface area contributed by atoms with Gasteiger partial charge in [-0.3, -0.25) is 14.3 Å². The number of hydroxylamine groups is 2. The van der Waals surface area contributed by atoms with Crippen molar-refractivity contribution < 1.29 is 19.2 Å². The molecule has 1 aliphatic heterocycles. The minimum atomic E-state index is -0.726. The number of benzene rings is 1. The third kappa shape index (κ3) is 2.51. The van der Waals surface area contributed by atoms with Gasteiger partial charge in [0.25, 0.3) is 11.8 Å². The predicted molar refractivity (Wildman–Crippen MR) is 91.6 cm³/mol. The van der Waals surface area contributed by atoms with E-state index in [9.17, 15) is 14.4 Å². The molecule has 0 N–H and O–H groups in total. The van der Waals surface area contributed by atoms with Crippen molar-refractivity contribution in [3.05, 3.63) is 52.8 Å². The van der Waals surface area contributed by atoms with E-state index in [0.717, 1.165) is 25.0 Å². The Labute approximate surface area is 150 Å². The maximum atomic E-state index is 12.7. The molecule has 7 heteroatoms. The summed E-state index contributed by atoms with van der Waals surface area (Å²) in [7, 11) is 0. The Balaban J connectivity index is 1.61. The molecular weight excluding hydrogens is 334 g/mol. The normalized spacial score (nSPS) is 17.4. The van der Waals surface area contributed by atoms with Crippen LogP contribution in [0.3, 0.4) is 0 Å². The predicted octanol–water partition coefficient (Wildman–Crippen LogP) is 3.10. The van der Waals surface area contributed by atoms with Gasteiger partial charge in [-0.05, 0) is 38.3 Å². The van der Waals surface area contributed by atoms with Gasteiger partial charge >= 0.3 is 5.97 Å². The minimum absolute atomic E-state index is 0.159. The molecule has 4 rings (SSSR count). The van der Waals surface area contributed by atoms with Gasteiger partial charge in [-0.15, -0.1) is 0 Å². The van der Waals surface area contributed by atoms with Crippen molar-refractivity contribution in [1.29, 1.82) is 0 Å². The molecule has 1 aliphatic carbocycles. The highest BCUT2D eigenvalue weighted by Gasteiger charge is 2.40. The highest BCUT2D eigenvalue weighted by molar-refractivity contribution is 6.21. The van der Waals surface area contributed by atoms with E-state index in [0.29, 0.717) is 10.6 Å². The number of carbonyl (C=O) groups is 3.